The fourth-order valence-corrected chi connectivity index (χ4v) is 1.62. The number of halogens is 2. The largest absolute Gasteiger partial charge is 0.462 e. The van der Waals surface area contributed by atoms with Gasteiger partial charge >= 0.3 is 11.9 Å². The fraction of sp³-hybridized carbons (Fsp3) is 0.500. The van der Waals surface area contributed by atoms with Crippen LogP contribution >= 0.6 is 0 Å². The van der Waals surface area contributed by atoms with Gasteiger partial charge in [0, 0.05) is 0 Å². The molecule has 1 aromatic rings. The van der Waals surface area contributed by atoms with Crippen LogP contribution in [-0.4, -0.2) is 31.6 Å². The van der Waals surface area contributed by atoms with E-state index in [1.165, 1.54) is 12.5 Å². The van der Waals surface area contributed by atoms with E-state index in [-0.39, 0.29) is 6.61 Å². The topological polar surface area (TPSA) is 38.3 Å². The van der Waals surface area contributed by atoms with E-state index in [4.69, 9.17) is 0 Å². The summed E-state index contributed by atoms with van der Waals surface area (Å²) in [4.78, 5) is 10.9. The van der Waals surface area contributed by atoms with E-state index in [0.717, 1.165) is 12.8 Å². The Labute approximate surface area is 112 Å². The van der Waals surface area contributed by atoms with Crippen molar-refractivity contribution in [2.24, 2.45) is 0 Å². The Morgan fingerprint density at radius 1 is 1.32 bits per heavy atom. The van der Waals surface area contributed by atoms with Crippen LogP contribution in [0.2, 0.25) is 0 Å². The molecule has 0 amide bonds. The third-order valence-electron chi connectivity index (χ3n) is 2.58. The molecule has 0 fully saturated rings. The standard InChI is InChI=1S/C14H19F2NO2/c1-2-19-13(18)14(15,16)11-17-10-6-9-12-7-4-3-5-8-12/h3-5,7-8,17H,2,6,9-11H2,1H3. The van der Waals surface area contributed by atoms with Gasteiger partial charge in [-0.25, -0.2) is 4.79 Å². The van der Waals surface area contributed by atoms with Crippen molar-refractivity contribution in [1.29, 1.82) is 0 Å². The molecule has 1 aromatic carbocycles. The number of nitrogens with one attached hydrogen (secondary N) is 1. The van der Waals surface area contributed by atoms with Crippen LogP contribution in [0.15, 0.2) is 30.3 Å². The maximum absolute atomic E-state index is 13.2. The predicted octanol–water partition coefficient (Wildman–Crippen LogP) is 2.41. The van der Waals surface area contributed by atoms with Crippen LogP contribution in [0.4, 0.5) is 8.78 Å². The van der Waals surface area contributed by atoms with Crippen LogP contribution in [-0.2, 0) is 16.0 Å². The van der Waals surface area contributed by atoms with E-state index in [2.05, 4.69) is 10.1 Å². The van der Waals surface area contributed by atoms with Crippen LogP contribution in [0.5, 0.6) is 0 Å². The Kier molecular flexibility index (Phi) is 6.42. The zero-order chi connectivity index (χ0) is 14.1. The molecular weight excluding hydrogens is 252 g/mol. The normalized spacial score (nSPS) is 11.3. The Morgan fingerprint density at radius 2 is 2.00 bits per heavy atom. The number of carbonyl (C=O) groups is 1. The van der Waals surface area contributed by atoms with Gasteiger partial charge in [0.25, 0.3) is 0 Å². The van der Waals surface area contributed by atoms with Gasteiger partial charge in [0.1, 0.15) is 0 Å². The monoisotopic (exact) mass is 271 g/mol. The molecule has 3 nitrogen and oxygen atoms in total. The molecule has 0 radical (unpaired) electrons. The van der Waals surface area contributed by atoms with Crippen molar-refractivity contribution in [3.63, 3.8) is 0 Å². The number of hydrogen-bond donors (Lipinski definition) is 1. The minimum absolute atomic E-state index is 0.0393. The van der Waals surface area contributed by atoms with E-state index in [1.807, 2.05) is 30.3 Å². The summed E-state index contributed by atoms with van der Waals surface area (Å²) in [6.45, 7) is 1.22. The van der Waals surface area contributed by atoms with Crippen molar-refractivity contribution in [1.82, 2.24) is 5.32 Å². The lowest BCUT2D eigenvalue weighted by atomic mass is 10.1. The molecule has 1 N–H and O–H groups in total. The van der Waals surface area contributed by atoms with E-state index >= 15 is 0 Å². The number of alkyl halides is 2. The molecule has 0 aromatic heterocycles. The zero-order valence-corrected chi connectivity index (χ0v) is 11.0. The van der Waals surface area contributed by atoms with Gasteiger partial charge in [-0.15, -0.1) is 0 Å². The molecule has 0 unspecified atom stereocenters. The number of hydrogen-bond acceptors (Lipinski definition) is 3. The number of benzene rings is 1. The SMILES string of the molecule is CCOC(=O)C(F)(F)CNCCCc1ccccc1. The van der Waals surface area contributed by atoms with Crippen LogP contribution in [0.3, 0.4) is 0 Å². The number of aryl methyl sites for hydroxylation is 1. The van der Waals surface area contributed by atoms with Gasteiger partial charge in [-0.1, -0.05) is 30.3 Å². The summed E-state index contributed by atoms with van der Waals surface area (Å²) >= 11 is 0. The molecule has 0 spiro atoms. The first-order chi connectivity index (χ1) is 9.06. The average Bonchev–Trinajstić information content (AvgIpc) is 2.39. The van der Waals surface area contributed by atoms with Crippen molar-refractivity contribution in [3.05, 3.63) is 35.9 Å². The smallest absolute Gasteiger partial charge is 0.378 e. The molecule has 0 aliphatic rings. The number of ether oxygens (including phenoxy) is 1. The Hall–Kier alpha value is -1.49. The highest BCUT2D eigenvalue weighted by molar-refractivity contribution is 5.77. The molecule has 0 heterocycles. The van der Waals surface area contributed by atoms with E-state index in [1.54, 1.807) is 0 Å². The number of rotatable bonds is 8. The Morgan fingerprint density at radius 3 is 2.63 bits per heavy atom. The molecule has 0 bridgehead atoms. The maximum Gasteiger partial charge on any atom is 0.378 e. The summed E-state index contributed by atoms with van der Waals surface area (Å²) in [7, 11) is 0. The first-order valence-corrected chi connectivity index (χ1v) is 6.36. The second-order valence-electron chi connectivity index (χ2n) is 4.19. The van der Waals surface area contributed by atoms with Gasteiger partial charge in [-0.05, 0) is 31.9 Å². The lowest BCUT2D eigenvalue weighted by molar-refractivity contribution is -0.170. The van der Waals surface area contributed by atoms with Crippen molar-refractivity contribution in [2.45, 2.75) is 25.7 Å². The fourth-order valence-electron chi connectivity index (χ4n) is 1.62. The third kappa shape index (κ3) is 5.79. The minimum Gasteiger partial charge on any atom is -0.462 e. The van der Waals surface area contributed by atoms with Crippen molar-refractivity contribution >= 4 is 5.97 Å². The second kappa shape index (κ2) is 7.84. The maximum atomic E-state index is 13.2. The van der Waals surface area contributed by atoms with Gasteiger partial charge in [-0.2, -0.15) is 8.78 Å². The molecule has 19 heavy (non-hydrogen) atoms. The minimum atomic E-state index is -3.46. The Bertz CT molecular complexity index is 382. The van der Waals surface area contributed by atoms with E-state index in [0.29, 0.717) is 6.54 Å². The first-order valence-electron chi connectivity index (χ1n) is 6.36. The van der Waals surface area contributed by atoms with Crippen LogP contribution < -0.4 is 5.32 Å². The van der Waals surface area contributed by atoms with Gasteiger partial charge in [0.2, 0.25) is 0 Å². The summed E-state index contributed by atoms with van der Waals surface area (Å²) in [5.41, 5.74) is 1.17. The molecule has 106 valence electrons. The number of esters is 1. The summed E-state index contributed by atoms with van der Waals surface area (Å²) in [5, 5.41) is 2.58. The van der Waals surface area contributed by atoms with Gasteiger partial charge in [-0.3, -0.25) is 0 Å². The van der Waals surface area contributed by atoms with E-state index in [9.17, 15) is 13.6 Å². The second-order valence-corrected chi connectivity index (χ2v) is 4.19. The van der Waals surface area contributed by atoms with Gasteiger partial charge < -0.3 is 10.1 Å². The molecule has 0 aliphatic carbocycles. The first kappa shape index (κ1) is 15.6. The molecule has 0 atom stereocenters. The third-order valence-corrected chi connectivity index (χ3v) is 2.58. The molecular formula is C14H19F2NO2. The van der Waals surface area contributed by atoms with Crippen LogP contribution in [0.25, 0.3) is 0 Å². The van der Waals surface area contributed by atoms with Crippen molar-refractivity contribution in [2.75, 3.05) is 19.7 Å². The highest BCUT2D eigenvalue weighted by Gasteiger charge is 2.39. The van der Waals surface area contributed by atoms with Crippen molar-refractivity contribution < 1.29 is 18.3 Å². The lowest BCUT2D eigenvalue weighted by Crippen LogP contribution is -2.41. The Balaban J connectivity index is 2.18. The average molecular weight is 271 g/mol. The van der Waals surface area contributed by atoms with E-state index < -0.39 is 18.4 Å². The number of carbonyl (C=O) groups excluding carboxylic acids is 1. The highest BCUT2D eigenvalue weighted by Crippen LogP contribution is 2.14. The molecule has 0 saturated carbocycles. The molecule has 0 aliphatic heterocycles. The molecule has 5 heteroatoms. The van der Waals surface area contributed by atoms with Crippen LogP contribution in [0, 0.1) is 0 Å². The summed E-state index contributed by atoms with van der Waals surface area (Å²) < 4.78 is 30.7. The van der Waals surface area contributed by atoms with Crippen molar-refractivity contribution in [3.8, 4) is 0 Å². The highest BCUT2D eigenvalue weighted by atomic mass is 19.3. The molecule has 1 rings (SSSR count). The quantitative estimate of drug-likeness (QED) is 0.583. The zero-order valence-electron chi connectivity index (χ0n) is 11.0. The predicted molar refractivity (Wildman–Crippen MR) is 69.2 cm³/mol. The summed E-state index contributed by atoms with van der Waals surface area (Å²) in [6.07, 6.45) is 1.56. The lowest BCUT2D eigenvalue weighted by Gasteiger charge is -2.15. The van der Waals surface area contributed by atoms with Gasteiger partial charge in [0.15, 0.2) is 0 Å². The van der Waals surface area contributed by atoms with Crippen LogP contribution in [0.1, 0.15) is 18.9 Å². The molecule has 0 saturated heterocycles. The summed E-state index contributed by atoms with van der Waals surface area (Å²) in [5.74, 6) is -4.92. The summed E-state index contributed by atoms with van der Waals surface area (Å²) in [6, 6.07) is 9.80. The van der Waals surface area contributed by atoms with Gasteiger partial charge in [0.05, 0.1) is 13.2 Å².